The Morgan fingerprint density at radius 3 is 2.61 bits per heavy atom. The molecule has 0 atom stereocenters. The minimum absolute atomic E-state index is 0.0548. The topological polar surface area (TPSA) is 66.7 Å². The Balaban J connectivity index is 1.90. The van der Waals surface area contributed by atoms with Gasteiger partial charge in [-0.3, -0.25) is 14.9 Å². The van der Waals surface area contributed by atoms with Crippen molar-refractivity contribution in [2.75, 3.05) is 24.5 Å². The van der Waals surface area contributed by atoms with Gasteiger partial charge in [-0.2, -0.15) is 0 Å². The second kappa shape index (κ2) is 8.65. The highest BCUT2D eigenvalue weighted by atomic mass is 19.1. The maximum atomic E-state index is 14.0. The number of nitro benzene ring substituents is 1. The molecule has 1 aliphatic rings. The van der Waals surface area contributed by atoms with Crippen molar-refractivity contribution in [2.45, 2.75) is 19.4 Å². The lowest BCUT2D eigenvalue weighted by molar-refractivity contribution is -0.384. The number of nitrogens with zero attached hydrogens (tertiary/aromatic N) is 3. The highest BCUT2D eigenvalue weighted by Crippen LogP contribution is 2.32. The van der Waals surface area contributed by atoms with Gasteiger partial charge in [0.25, 0.3) is 11.6 Å². The molecule has 0 aromatic heterocycles. The number of benzene rings is 2. The van der Waals surface area contributed by atoms with Crippen LogP contribution in [-0.2, 0) is 6.54 Å². The second-order valence-corrected chi connectivity index (χ2v) is 6.72. The van der Waals surface area contributed by atoms with Gasteiger partial charge < -0.3 is 9.80 Å². The Bertz CT molecular complexity index is 894. The molecule has 3 rings (SSSR count). The molecule has 28 heavy (non-hydrogen) atoms. The number of nitro groups is 1. The summed E-state index contributed by atoms with van der Waals surface area (Å²) in [7, 11) is 0. The molecule has 7 heteroatoms. The summed E-state index contributed by atoms with van der Waals surface area (Å²) >= 11 is 0. The monoisotopic (exact) mass is 383 g/mol. The largest absolute Gasteiger partial charge is 0.366 e. The van der Waals surface area contributed by atoms with E-state index in [4.69, 9.17) is 0 Å². The molecule has 2 aromatic rings. The van der Waals surface area contributed by atoms with Crippen LogP contribution in [0.3, 0.4) is 0 Å². The predicted molar refractivity (Wildman–Crippen MR) is 106 cm³/mol. The average molecular weight is 383 g/mol. The summed E-state index contributed by atoms with van der Waals surface area (Å²) in [6.45, 7) is 5.44. The van der Waals surface area contributed by atoms with E-state index in [1.807, 2.05) is 4.90 Å². The lowest BCUT2D eigenvalue weighted by Gasteiger charge is -2.22. The molecule has 0 N–H and O–H groups in total. The third-order valence-corrected chi connectivity index (χ3v) is 4.82. The maximum absolute atomic E-state index is 14.0. The third-order valence-electron chi connectivity index (χ3n) is 4.82. The zero-order chi connectivity index (χ0) is 20.1. The lowest BCUT2D eigenvalue weighted by atomic mass is 10.1. The van der Waals surface area contributed by atoms with Gasteiger partial charge in [0, 0.05) is 43.4 Å². The quantitative estimate of drug-likeness (QED) is 0.409. The zero-order valence-electron chi connectivity index (χ0n) is 15.5. The van der Waals surface area contributed by atoms with Crippen LogP contribution >= 0.6 is 0 Å². The molecule has 2 aromatic carbocycles. The SMILES string of the molecule is C=CCN(Cc1ccccc1F)C(=O)c1ccc(N2CCCC2)c([N+](=O)[O-])c1. The molecule has 0 unspecified atom stereocenters. The summed E-state index contributed by atoms with van der Waals surface area (Å²) < 4.78 is 14.0. The van der Waals surface area contributed by atoms with Gasteiger partial charge in [0.2, 0.25) is 0 Å². The normalized spacial score (nSPS) is 13.4. The van der Waals surface area contributed by atoms with E-state index >= 15 is 0 Å². The Hall–Kier alpha value is -3.22. The molecule has 0 saturated carbocycles. The van der Waals surface area contributed by atoms with Crippen LogP contribution in [0.5, 0.6) is 0 Å². The first-order valence-electron chi connectivity index (χ1n) is 9.18. The molecular formula is C21H22FN3O3. The maximum Gasteiger partial charge on any atom is 0.293 e. The molecule has 0 spiro atoms. The molecule has 6 nitrogen and oxygen atoms in total. The van der Waals surface area contributed by atoms with Crippen LogP contribution in [0.1, 0.15) is 28.8 Å². The zero-order valence-corrected chi connectivity index (χ0v) is 15.5. The average Bonchev–Trinajstić information content (AvgIpc) is 3.23. The van der Waals surface area contributed by atoms with Gasteiger partial charge in [-0.15, -0.1) is 6.58 Å². The number of carbonyl (C=O) groups is 1. The second-order valence-electron chi connectivity index (χ2n) is 6.72. The molecule has 0 bridgehead atoms. The molecule has 1 aliphatic heterocycles. The van der Waals surface area contributed by atoms with E-state index in [0.717, 1.165) is 25.9 Å². The number of rotatable bonds is 7. The number of anilines is 1. The summed E-state index contributed by atoms with van der Waals surface area (Å²) in [5.74, 6) is -0.807. The van der Waals surface area contributed by atoms with Crippen LogP contribution in [0.2, 0.25) is 0 Å². The number of halogens is 1. The van der Waals surface area contributed by atoms with Crippen molar-refractivity contribution in [2.24, 2.45) is 0 Å². The van der Waals surface area contributed by atoms with Crippen LogP contribution in [0.25, 0.3) is 0 Å². The van der Waals surface area contributed by atoms with Crippen LogP contribution in [-0.4, -0.2) is 35.4 Å². The molecule has 1 fully saturated rings. The number of hydrogen-bond donors (Lipinski definition) is 0. The van der Waals surface area contributed by atoms with E-state index < -0.39 is 16.6 Å². The Kier molecular flexibility index (Phi) is 6.03. The van der Waals surface area contributed by atoms with E-state index in [2.05, 4.69) is 6.58 Å². The molecule has 1 saturated heterocycles. The van der Waals surface area contributed by atoms with Crippen molar-refractivity contribution in [3.8, 4) is 0 Å². The summed E-state index contributed by atoms with van der Waals surface area (Å²) in [5.41, 5.74) is 1.02. The van der Waals surface area contributed by atoms with Gasteiger partial charge in [-0.05, 0) is 31.0 Å². The van der Waals surface area contributed by atoms with Gasteiger partial charge in [-0.1, -0.05) is 24.3 Å². The Labute approximate surface area is 163 Å². The molecule has 0 aliphatic carbocycles. The van der Waals surface area contributed by atoms with Gasteiger partial charge in [-0.25, -0.2) is 4.39 Å². The lowest BCUT2D eigenvalue weighted by Crippen LogP contribution is -2.31. The fourth-order valence-corrected chi connectivity index (χ4v) is 3.42. The Morgan fingerprint density at radius 2 is 1.96 bits per heavy atom. The fraction of sp³-hybridized carbons (Fsp3) is 0.286. The minimum Gasteiger partial charge on any atom is -0.366 e. The van der Waals surface area contributed by atoms with Crippen LogP contribution in [0.4, 0.5) is 15.8 Å². The van der Waals surface area contributed by atoms with Crippen LogP contribution < -0.4 is 4.90 Å². The summed E-state index contributed by atoms with van der Waals surface area (Å²) in [5, 5.41) is 11.6. The first-order chi connectivity index (χ1) is 13.5. The van der Waals surface area contributed by atoms with Crippen molar-refractivity contribution in [1.82, 2.24) is 4.90 Å². The molecule has 1 amide bonds. The van der Waals surface area contributed by atoms with E-state index in [0.29, 0.717) is 11.3 Å². The smallest absolute Gasteiger partial charge is 0.293 e. The van der Waals surface area contributed by atoms with Crippen molar-refractivity contribution in [3.63, 3.8) is 0 Å². The highest BCUT2D eigenvalue weighted by Gasteiger charge is 2.25. The number of carbonyl (C=O) groups excluding carboxylic acids is 1. The number of hydrogen-bond acceptors (Lipinski definition) is 4. The van der Waals surface area contributed by atoms with Crippen molar-refractivity contribution in [3.05, 3.63) is 82.2 Å². The van der Waals surface area contributed by atoms with E-state index in [-0.39, 0.29) is 24.3 Å². The van der Waals surface area contributed by atoms with E-state index in [1.54, 1.807) is 36.4 Å². The Morgan fingerprint density at radius 1 is 1.25 bits per heavy atom. The van der Waals surface area contributed by atoms with Crippen LogP contribution in [0.15, 0.2) is 55.1 Å². The molecule has 1 heterocycles. The fourth-order valence-electron chi connectivity index (χ4n) is 3.42. The first-order valence-corrected chi connectivity index (χ1v) is 9.18. The summed E-state index contributed by atoms with van der Waals surface area (Å²) in [4.78, 5) is 27.5. The van der Waals surface area contributed by atoms with Gasteiger partial charge in [0.05, 0.1) is 4.92 Å². The number of amides is 1. The van der Waals surface area contributed by atoms with Gasteiger partial charge in [0.1, 0.15) is 11.5 Å². The minimum atomic E-state index is -0.459. The molecular weight excluding hydrogens is 361 g/mol. The molecule has 146 valence electrons. The standard InChI is InChI=1S/C21H22FN3O3/c1-2-11-24(15-17-7-3-4-8-18(17)22)21(26)16-9-10-19(20(14-16)25(27)28)23-12-5-6-13-23/h2-4,7-10,14H,1,5-6,11-13,15H2. The van der Waals surface area contributed by atoms with Crippen molar-refractivity contribution < 1.29 is 14.1 Å². The first kappa shape index (κ1) is 19.5. The van der Waals surface area contributed by atoms with E-state index in [1.165, 1.54) is 17.0 Å². The van der Waals surface area contributed by atoms with Crippen molar-refractivity contribution >= 4 is 17.3 Å². The highest BCUT2D eigenvalue weighted by molar-refractivity contribution is 5.96. The van der Waals surface area contributed by atoms with Gasteiger partial charge >= 0.3 is 0 Å². The predicted octanol–water partition coefficient (Wildman–Crippen LogP) is 4.16. The summed E-state index contributed by atoms with van der Waals surface area (Å²) in [6, 6.07) is 10.8. The third kappa shape index (κ3) is 4.19. The van der Waals surface area contributed by atoms with Crippen molar-refractivity contribution in [1.29, 1.82) is 0 Å². The van der Waals surface area contributed by atoms with Gasteiger partial charge in [0.15, 0.2) is 0 Å². The van der Waals surface area contributed by atoms with Crippen LogP contribution in [0, 0.1) is 15.9 Å². The molecule has 0 radical (unpaired) electrons. The van der Waals surface area contributed by atoms with E-state index in [9.17, 15) is 19.3 Å². The summed E-state index contributed by atoms with van der Waals surface area (Å²) in [6.07, 6.45) is 3.53.